The summed E-state index contributed by atoms with van der Waals surface area (Å²) in [6, 6.07) is 2.13. The van der Waals surface area contributed by atoms with E-state index in [-0.39, 0.29) is 18.4 Å². The Morgan fingerprint density at radius 3 is 2.84 bits per heavy atom. The van der Waals surface area contributed by atoms with Gasteiger partial charge in [0, 0.05) is 24.0 Å². The normalized spacial score (nSPS) is 16.2. The highest BCUT2D eigenvalue weighted by Crippen LogP contribution is 2.31. The molecule has 1 atom stereocenters. The number of fused-ring (bicyclic) bond motifs is 1. The van der Waals surface area contributed by atoms with Crippen molar-refractivity contribution in [3.05, 3.63) is 48.3 Å². The van der Waals surface area contributed by atoms with E-state index in [4.69, 9.17) is 5.11 Å². The van der Waals surface area contributed by atoms with E-state index in [1.54, 1.807) is 34.6 Å². The molecule has 0 aliphatic carbocycles. The number of rotatable bonds is 8. The van der Waals surface area contributed by atoms with Gasteiger partial charge in [-0.1, -0.05) is 6.42 Å². The van der Waals surface area contributed by atoms with Gasteiger partial charge in [-0.3, -0.25) is 24.2 Å². The van der Waals surface area contributed by atoms with E-state index in [1.165, 1.54) is 24.0 Å². The highest BCUT2D eigenvalue weighted by molar-refractivity contribution is 7.21. The van der Waals surface area contributed by atoms with Crippen molar-refractivity contribution in [1.29, 1.82) is 0 Å². The Morgan fingerprint density at radius 2 is 2.03 bits per heavy atom. The van der Waals surface area contributed by atoms with Gasteiger partial charge in [0.1, 0.15) is 4.83 Å². The maximum atomic E-state index is 13.2. The minimum absolute atomic E-state index is 0.00993. The highest BCUT2D eigenvalue weighted by Gasteiger charge is 2.21. The van der Waals surface area contributed by atoms with Crippen LogP contribution in [0.15, 0.2) is 37.1 Å². The lowest BCUT2D eigenvalue weighted by molar-refractivity contribution is -0.118. The summed E-state index contributed by atoms with van der Waals surface area (Å²) in [5.41, 5.74) is 3.02. The second kappa shape index (κ2) is 10.8. The van der Waals surface area contributed by atoms with Crippen molar-refractivity contribution in [3.63, 3.8) is 0 Å². The molecule has 0 aromatic carbocycles. The lowest BCUT2D eigenvalue weighted by Gasteiger charge is -2.32. The van der Waals surface area contributed by atoms with Gasteiger partial charge < -0.3 is 15.7 Å². The molecule has 5 heterocycles. The van der Waals surface area contributed by atoms with Gasteiger partial charge in [-0.2, -0.15) is 10.2 Å². The van der Waals surface area contributed by atoms with Crippen LogP contribution in [-0.2, 0) is 11.3 Å². The molecular weight excluding hydrogens is 492 g/mol. The van der Waals surface area contributed by atoms with Crippen molar-refractivity contribution < 1.29 is 14.7 Å². The number of nitrogens with one attached hydrogen (secondary N) is 2. The van der Waals surface area contributed by atoms with Gasteiger partial charge in [-0.05, 0) is 39.3 Å². The number of thiazole rings is 1. The first-order valence-corrected chi connectivity index (χ1v) is 13.2. The molecule has 5 rings (SSSR count). The first-order chi connectivity index (χ1) is 17.9. The van der Waals surface area contributed by atoms with Crippen LogP contribution in [0.4, 0.5) is 11.4 Å². The van der Waals surface area contributed by atoms with Crippen LogP contribution in [0.1, 0.15) is 42.2 Å². The Balaban J connectivity index is 1.28. The zero-order valence-corrected chi connectivity index (χ0v) is 21.7. The number of carbonyl (C=O) groups is 2. The van der Waals surface area contributed by atoms with Crippen molar-refractivity contribution >= 4 is 39.4 Å². The first kappa shape index (κ1) is 25.1. The number of aryl methyl sites for hydroxylation is 1. The SMILES string of the molecule is Cc1ncc(NC(=O)CN2CCCC[C@@H]2C)cc1NC(=O)c1cnn2cc(-c3cnn(CCO)c3)sc12. The van der Waals surface area contributed by atoms with Crippen molar-refractivity contribution in [1.82, 2.24) is 29.3 Å². The lowest BCUT2D eigenvalue weighted by atomic mass is 10.0. The van der Waals surface area contributed by atoms with E-state index >= 15 is 0 Å². The van der Waals surface area contributed by atoms with Crippen molar-refractivity contribution in [3.8, 4) is 10.4 Å². The van der Waals surface area contributed by atoms with Crippen LogP contribution < -0.4 is 10.6 Å². The number of likely N-dealkylation sites (tertiary alicyclic amines) is 1. The lowest BCUT2D eigenvalue weighted by Crippen LogP contribution is -2.42. The monoisotopic (exact) mass is 522 g/mol. The van der Waals surface area contributed by atoms with Crippen LogP contribution in [0, 0.1) is 6.92 Å². The summed E-state index contributed by atoms with van der Waals surface area (Å²) >= 11 is 1.43. The standard InChI is InChI=1S/C25H30N8O3S/c1-16-5-3-4-6-31(16)15-23(35)29-19-9-21(17(2)26-11-19)30-24(36)20-12-28-33-14-22(37-25(20)33)18-10-27-32(13-18)7-8-34/h9-14,16,34H,3-8,15H2,1-2H3,(H,29,35)(H,30,36)/t16-/m0/s1. The third kappa shape index (κ3) is 5.55. The number of aliphatic hydroxyl groups excluding tert-OH is 1. The summed E-state index contributed by atoms with van der Waals surface area (Å²) in [6.45, 7) is 5.65. The molecule has 0 bridgehead atoms. The van der Waals surface area contributed by atoms with Gasteiger partial charge >= 0.3 is 0 Å². The molecule has 37 heavy (non-hydrogen) atoms. The van der Waals surface area contributed by atoms with E-state index in [9.17, 15) is 9.59 Å². The average Bonchev–Trinajstić information content (AvgIpc) is 3.59. The van der Waals surface area contributed by atoms with Crippen LogP contribution >= 0.6 is 11.3 Å². The third-order valence-corrected chi connectivity index (χ3v) is 7.75. The molecule has 194 valence electrons. The molecule has 0 unspecified atom stereocenters. The number of hydrogen-bond donors (Lipinski definition) is 3. The second-order valence-corrected chi connectivity index (χ2v) is 10.3. The van der Waals surface area contributed by atoms with Gasteiger partial charge in [0.05, 0.1) is 65.8 Å². The van der Waals surface area contributed by atoms with E-state index in [1.807, 2.05) is 12.4 Å². The molecule has 4 aromatic rings. The van der Waals surface area contributed by atoms with Gasteiger partial charge in [-0.15, -0.1) is 11.3 Å². The minimum Gasteiger partial charge on any atom is -0.394 e. The number of amides is 2. The van der Waals surface area contributed by atoms with E-state index in [0.29, 0.717) is 46.6 Å². The Hall–Kier alpha value is -3.61. The number of aliphatic hydroxyl groups is 1. The summed E-state index contributed by atoms with van der Waals surface area (Å²) in [5, 5.41) is 23.5. The summed E-state index contributed by atoms with van der Waals surface area (Å²) < 4.78 is 3.34. The highest BCUT2D eigenvalue weighted by atomic mass is 32.1. The van der Waals surface area contributed by atoms with Crippen LogP contribution in [-0.4, -0.2) is 71.9 Å². The molecular formula is C25H30N8O3S. The first-order valence-electron chi connectivity index (χ1n) is 12.3. The predicted molar refractivity (Wildman–Crippen MR) is 142 cm³/mol. The molecule has 4 aromatic heterocycles. The molecule has 1 saturated heterocycles. The van der Waals surface area contributed by atoms with Crippen LogP contribution in [0.3, 0.4) is 0 Å². The van der Waals surface area contributed by atoms with Gasteiger partial charge in [0.25, 0.3) is 5.91 Å². The number of aromatic nitrogens is 5. The van der Waals surface area contributed by atoms with Gasteiger partial charge in [0.15, 0.2) is 0 Å². The van der Waals surface area contributed by atoms with E-state index < -0.39 is 0 Å². The molecule has 0 radical (unpaired) electrons. The van der Waals surface area contributed by atoms with Crippen LogP contribution in [0.25, 0.3) is 15.3 Å². The third-order valence-electron chi connectivity index (χ3n) is 6.59. The minimum atomic E-state index is -0.310. The Morgan fingerprint density at radius 1 is 1.16 bits per heavy atom. The average molecular weight is 523 g/mol. The molecule has 0 spiro atoms. The molecule has 1 aliphatic rings. The summed E-state index contributed by atoms with van der Waals surface area (Å²) in [4.78, 5) is 34.0. The van der Waals surface area contributed by atoms with Crippen LogP contribution in [0.5, 0.6) is 0 Å². The van der Waals surface area contributed by atoms with Crippen molar-refractivity contribution in [2.45, 2.75) is 45.7 Å². The zero-order valence-electron chi connectivity index (χ0n) is 20.8. The number of pyridine rings is 1. The fourth-order valence-corrected chi connectivity index (χ4v) is 5.52. The molecule has 3 N–H and O–H groups in total. The Bertz CT molecular complexity index is 1420. The van der Waals surface area contributed by atoms with Crippen LogP contribution in [0.2, 0.25) is 0 Å². The van der Waals surface area contributed by atoms with Gasteiger partial charge in [-0.25, -0.2) is 4.52 Å². The topological polar surface area (TPSA) is 130 Å². The molecule has 1 aliphatic heterocycles. The maximum absolute atomic E-state index is 13.2. The number of piperidine rings is 1. The summed E-state index contributed by atoms with van der Waals surface area (Å²) in [7, 11) is 0. The van der Waals surface area contributed by atoms with Gasteiger partial charge in [0.2, 0.25) is 5.91 Å². The summed E-state index contributed by atoms with van der Waals surface area (Å²) in [6.07, 6.45) is 12.0. The zero-order chi connectivity index (χ0) is 25.9. The Labute approximate surface area is 218 Å². The molecule has 11 nitrogen and oxygen atoms in total. The number of carbonyl (C=O) groups excluding carboxylic acids is 2. The summed E-state index contributed by atoms with van der Waals surface area (Å²) in [5.74, 6) is -0.404. The molecule has 1 fully saturated rings. The molecule has 2 amide bonds. The fraction of sp³-hybridized carbons (Fsp3) is 0.400. The quantitative estimate of drug-likeness (QED) is 0.324. The van der Waals surface area contributed by atoms with Crippen molar-refractivity contribution in [2.75, 3.05) is 30.3 Å². The molecule has 12 heteroatoms. The predicted octanol–water partition coefficient (Wildman–Crippen LogP) is 3.02. The number of nitrogens with zero attached hydrogens (tertiary/aromatic N) is 6. The Kier molecular flexibility index (Phi) is 7.31. The fourth-order valence-electron chi connectivity index (χ4n) is 4.49. The molecule has 0 saturated carbocycles. The van der Waals surface area contributed by atoms with E-state index in [0.717, 1.165) is 29.8 Å². The van der Waals surface area contributed by atoms with Crippen molar-refractivity contribution in [2.24, 2.45) is 0 Å². The maximum Gasteiger partial charge on any atom is 0.260 e. The number of hydrogen-bond acceptors (Lipinski definition) is 8. The van der Waals surface area contributed by atoms with E-state index in [2.05, 4.69) is 37.6 Å². The second-order valence-electron chi connectivity index (χ2n) is 9.29. The largest absolute Gasteiger partial charge is 0.394 e. The number of anilines is 2. The smallest absolute Gasteiger partial charge is 0.260 e.